The van der Waals surface area contributed by atoms with Gasteiger partial charge in [-0.3, -0.25) is 0 Å². The van der Waals surface area contributed by atoms with Crippen LogP contribution < -0.4 is 5.32 Å². The third kappa shape index (κ3) is 3.35. The SMILES string of the molecule is CCC(CC)NCc1ccccc1C(=O)O. The topological polar surface area (TPSA) is 49.3 Å². The fourth-order valence-electron chi connectivity index (χ4n) is 1.71. The highest BCUT2D eigenvalue weighted by Gasteiger charge is 2.09. The summed E-state index contributed by atoms with van der Waals surface area (Å²) < 4.78 is 0. The van der Waals surface area contributed by atoms with Gasteiger partial charge in [0.1, 0.15) is 0 Å². The van der Waals surface area contributed by atoms with E-state index in [1.807, 2.05) is 12.1 Å². The average molecular weight is 221 g/mol. The van der Waals surface area contributed by atoms with Crippen LogP contribution in [0.15, 0.2) is 24.3 Å². The van der Waals surface area contributed by atoms with Gasteiger partial charge in [-0.05, 0) is 24.5 Å². The molecule has 0 spiro atoms. The van der Waals surface area contributed by atoms with Gasteiger partial charge in [-0.1, -0.05) is 32.0 Å². The van der Waals surface area contributed by atoms with Crippen LogP contribution in [0.2, 0.25) is 0 Å². The van der Waals surface area contributed by atoms with Crippen LogP contribution in [-0.4, -0.2) is 17.1 Å². The predicted molar refractivity (Wildman–Crippen MR) is 64.6 cm³/mol. The van der Waals surface area contributed by atoms with E-state index in [1.165, 1.54) is 0 Å². The molecule has 0 unspecified atom stereocenters. The van der Waals surface area contributed by atoms with Crippen molar-refractivity contribution < 1.29 is 9.90 Å². The summed E-state index contributed by atoms with van der Waals surface area (Å²) in [6.45, 7) is 4.88. The molecule has 1 aromatic rings. The third-order valence-corrected chi connectivity index (χ3v) is 2.81. The number of carbonyl (C=O) groups is 1. The van der Waals surface area contributed by atoms with E-state index in [0.717, 1.165) is 18.4 Å². The van der Waals surface area contributed by atoms with Gasteiger partial charge in [-0.2, -0.15) is 0 Å². The number of nitrogens with one attached hydrogen (secondary N) is 1. The average Bonchev–Trinajstić information content (AvgIpc) is 2.30. The predicted octanol–water partition coefficient (Wildman–Crippen LogP) is 2.66. The smallest absolute Gasteiger partial charge is 0.336 e. The largest absolute Gasteiger partial charge is 0.478 e. The molecule has 0 radical (unpaired) electrons. The van der Waals surface area contributed by atoms with E-state index >= 15 is 0 Å². The Morgan fingerprint density at radius 2 is 1.94 bits per heavy atom. The Hall–Kier alpha value is -1.35. The first-order chi connectivity index (χ1) is 7.69. The molecule has 16 heavy (non-hydrogen) atoms. The molecule has 3 heteroatoms. The van der Waals surface area contributed by atoms with Gasteiger partial charge in [0.2, 0.25) is 0 Å². The maximum Gasteiger partial charge on any atom is 0.336 e. The first-order valence-electron chi connectivity index (χ1n) is 5.73. The van der Waals surface area contributed by atoms with Crippen molar-refractivity contribution in [1.82, 2.24) is 5.32 Å². The maximum absolute atomic E-state index is 11.0. The van der Waals surface area contributed by atoms with Crippen molar-refractivity contribution in [3.05, 3.63) is 35.4 Å². The molecule has 0 amide bonds. The van der Waals surface area contributed by atoms with Gasteiger partial charge < -0.3 is 10.4 Å². The van der Waals surface area contributed by atoms with Gasteiger partial charge in [0, 0.05) is 12.6 Å². The van der Waals surface area contributed by atoms with Crippen LogP contribution in [0.3, 0.4) is 0 Å². The van der Waals surface area contributed by atoms with E-state index in [4.69, 9.17) is 5.11 Å². The second kappa shape index (κ2) is 6.28. The first-order valence-corrected chi connectivity index (χ1v) is 5.73. The van der Waals surface area contributed by atoms with E-state index in [1.54, 1.807) is 12.1 Å². The summed E-state index contributed by atoms with van der Waals surface area (Å²) in [6, 6.07) is 7.59. The lowest BCUT2D eigenvalue weighted by atomic mass is 10.1. The number of carboxylic acids is 1. The Labute approximate surface area is 96.5 Å². The van der Waals surface area contributed by atoms with Crippen molar-refractivity contribution in [3.63, 3.8) is 0 Å². The van der Waals surface area contributed by atoms with Gasteiger partial charge in [0.15, 0.2) is 0 Å². The molecule has 0 atom stereocenters. The highest BCUT2D eigenvalue weighted by Crippen LogP contribution is 2.09. The standard InChI is InChI=1S/C13H19NO2/c1-3-11(4-2)14-9-10-7-5-6-8-12(10)13(15)16/h5-8,11,14H,3-4,9H2,1-2H3,(H,15,16). The molecule has 0 bridgehead atoms. The molecule has 0 fully saturated rings. The summed E-state index contributed by atoms with van der Waals surface area (Å²) in [5, 5.41) is 12.4. The van der Waals surface area contributed by atoms with Crippen LogP contribution in [0.4, 0.5) is 0 Å². The van der Waals surface area contributed by atoms with Crippen molar-refractivity contribution in [1.29, 1.82) is 0 Å². The second-order valence-electron chi connectivity index (χ2n) is 3.86. The van der Waals surface area contributed by atoms with Gasteiger partial charge >= 0.3 is 5.97 Å². The van der Waals surface area contributed by atoms with Crippen molar-refractivity contribution in [3.8, 4) is 0 Å². The Morgan fingerprint density at radius 3 is 2.50 bits per heavy atom. The number of aromatic carboxylic acids is 1. The lowest BCUT2D eigenvalue weighted by Gasteiger charge is -2.15. The van der Waals surface area contributed by atoms with E-state index in [-0.39, 0.29) is 0 Å². The van der Waals surface area contributed by atoms with Gasteiger partial charge in [0.25, 0.3) is 0 Å². The lowest BCUT2D eigenvalue weighted by Crippen LogP contribution is -2.27. The summed E-state index contributed by atoms with van der Waals surface area (Å²) in [6.07, 6.45) is 2.12. The van der Waals surface area contributed by atoms with Crippen molar-refractivity contribution in [2.75, 3.05) is 0 Å². The normalized spacial score (nSPS) is 10.7. The van der Waals surface area contributed by atoms with Crippen molar-refractivity contribution in [2.45, 2.75) is 39.3 Å². The molecule has 0 aliphatic rings. The molecule has 0 aromatic heterocycles. The summed E-state index contributed by atoms with van der Waals surface area (Å²) in [4.78, 5) is 11.0. The molecule has 0 heterocycles. The number of benzene rings is 1. The quantitative estimate of drug-likeness (QED) is 0.776. The number of carboxylic acid groups (broad SMARTS) is 1. The van der Waals surface area contributed by atoms with Gasteiger partial charge in [-0.25, -0.2) is 4.79 Å². The lowest BCUT2D eigenvalue weighted by molar-refractivity contribution is 0.0695. The minimum absolute atomic E-state index is 0.390. The Bertz CT molecular complexity index is 346. The Morgan fingerprint density at radius 1 is 1.31 bits per heavy atom. The van der Waals surface area contributed by atoms with Gasteiger partial charge in [-0.15, -0.1) is 0 Å². The van der Waals surface area contributed by atoms with Crippen LogP contribution in [0.5, 0.6) is 0 Å². The Kier molecular flexibility index (Phi) is 4.99. The summed E-state index contributed by atoms with van der Waals surface area (Å²) in [5.74, 6) is -0.859. The number of hydrogen-bond acceptors (Lipinski definition) is 2. The molecule has 0 saturated heterocycles. The minimum Gasteiger partial charge on any atom is -0.478 e. The van der Waals surface area contributed by atoms with E-state index in [9.17, 15) is 4.79 Å². The van der Waals surface area contributed by atoms with Crippen LogP contribution in [0, 0.1) is 0 Å². The fraction of sp³-hybridized carbons (Fsp3) is 0.462. The molecule has 0 saturated carbocycles. The molecule has 2 N–H and O–H groups in total. The number of rotatable bonds is 6. The summed E-state index contributed by atoms with van der Waals surface area (Å²) in [5.41, 5.74) is 1.24. The van der Waals surface area contributed by atoms with E-state index in [2.05, 4.69) is 19.2 Å². The molecule has 0 aliphatic carbocycles. The fourth-order valence-corrected chi connectivity index (χ4v) is 1.71. The zero-order valence-corrected chi connectivity index (χ0v) is 9.86. The van der Waals surface area contributed by atoms with Crippen molar-refractivity contribution in [2.24, 2.45) is 0 Å². The molecule has 1 aromatic carbocycles. The molecule has 0 aliphatic heterocycles. The molecular formula is C13H19NO2. The van der Waals surface area contributed by atoms with Crippen LogP contribution in [-0.2, 0) is 6.54 Å². The first kappa shape index (κ1) is 12.7. The summed E-state index contributed by atoms with van der Waals surface area (Å²) in [7, 11) is 0. The maximum atomic E-state index is 11.0. The van der Waals surface area contributed by atoms with E-state index in [0.29, 0.717) is 18.2 Å². The molecule has 3 nitrogen and oxygen atoms in total. The zero-order chi connectivity index (χ0) is 12.0. The van der Waals surface area contributed by atoms with Crippen molar-refractivity contribution >= 4 is 5.97 Å². The molecule has 88 valence electrons. The molecular weight excluding hydrogens is 202 g/mol. The van der Waals surface area contributed by atoms with Crippen LogP contribution in [0.25, 0.3) is 0 Å². The third-order valence-electron chi connectivity index (χ3n) is 2.81. The highest BCUT2D eigenvalue weighted by molar-refractivity contribution is 5.89. The molecule has 1 rings (SSSR count). The second-order valence-corrected chi connectivity index (χ2v) is 3.86. The zero-order valence-electron chi connectivity index (χ0n) is 9.86. The number of hydrogen-bond donors (Lipinski definition) is 2. The summed E-state index contributed by atoms with van der Waals surface area (Å²) >= 11 is 0. The Balaban J connectivity index is 2.69. The van der Waals surface area contributed by atoms with Gasteiger partial charge in [0.05, 0.1) is 5.56 Å². The highest BCUT2D eigenvalue weighted by atomic mass is 16.4. The monoisotopic (exact) mass is 221 g/mol. The van der Waals surface area contributed by atoms with Crippen LogP contribution in [0.1, 0.15) is 42.6 Å². The van der Waals surface area contributed by atoms with E-state index < -0.39 is 5.97 Å². The van der Waals surface area contributed by atoms with Crippen LogP contribution >= 0.6 is 0 Å². The minimum atomic E-state index is -0.859.